The zero-order valence-electron chi connectivity index (χ0n) is 6.84. The molecule has 0 aromatic heterocycles. The normalized spacial score (nSPS) is 13.3. The number of rotatable bonds is 3. The highest BCUT2D eigenvalue weighted by atomic mass is 32.2. The molecule has 0 spiro atoms. The van der Waals surface area contributed by atoms with E-state index >= 15 is 0 Å². The third-order valence-electron chi connectivity index (χ3n) is 1.59. The Morgan fingerprint density at radius 1 is 1.17 bits per heavy atom. The summed E-state index contributed by atoms with van der Waals surface area (Å²) in [5.74, 6) is 0. The van der Waals surface area contributed by atoms with Crippen molar-refractivity contribution in [3.05, 3.63) is 35.9 Å². The van der Waals surface area contributed by atoms with Crippen molar-refractivity contribution in [2.75, 3.05) is 0 Å². The van der Waals surface area contributed by atoms with Gasteiger partial charge in [0.1, 0.15) is 4.77 Å². The van der Waals surface area contributed by atoms with Crippen molar-refractivity contribution >= 4 is 25.3 Å². The molecule has 0 aliphatic heterocycles. The second-order valence-corrected chi connectivity index (χ2v) is 3.86. The second-order valence-electron chi connectivity index (χ2n) is 2.52. The summed E-state index contributed by atoms with van der Waals surface area (Å²) in [7, 11) is 0. The molecule has 0 aliphatic rings. The van der Waals surface area contributed by atoms with Gasteiger partial charge < -0.3 is 4.74 Å². The van der Waals surface area contributed by atoms with Gasteiger partial charge >= 0.3 is 0 Å². The van der Waals surface area contributed by atoms with Crippen LogP contribution in [0.4, 0.5) is 0 Å². The van der Waals surface area contributed by atoms with Crippen molar-refractivity contribution in [1.82, 2.24) is 0 Å². The predicted octanol–water partition coefficient (Wildman–Crippen LogP) is 2.91. The summed E-state index contributed by atoms with van der Waals surface area (Å²) in [6.45, 7) is 1.98. The first-order chi connectivity index (χ1) is 5.70. The van der Waals surface area contributed by atoms with Gasteiger partial charge in [-0.15, -0.1) is 25.3 Å². The van der Waals surface area contributed by atoms with E-state index in [0.717, 1.165) is 5.56 Å². The highest BCUT2D eigenvalue weighted by molar-refractivity contribution is 7.98. The molecule has 0 heterocycles. The van der Waals surface area contributed by atoms with E-state index in [4.69, 9.17) is 4.74 Å². The quantitative estimate of drug-likeness (QED) is 0.563. The molecular weight excluding hydrogens is 188 g/mol. The summed E-state index contributed by atoms with van der Waals surface area (Å²) in [4.78, 5) is 0. The lowest BCUT2D eigenvalue weighted by molar-refractivity contribution is 0.0906. The van der Waals surface area contributed by atoms with Crippen LogP contribution in [0.25, 0.3) is 0 Å². The van der Waals surface area contributed by atoms with Crippen molar-refractivity contribution in [2.24, 2.45) is 0 Å². The molecule has 1 aromatic carbocycles. The minimum Gasteiger partial charge on any atom is -0.351 e. The van der Waals surface area contributed by atoms with Crippen LogP contribution in [0.15, 0.2) is 30.3 Å². The molecule has 1 atom stereocenters. The molecule has 0 aliphatic carbocycles. The van der Waals surface area contributed by atoms with Crippen molar-refractivity contribution in [3.63, 3.8) is 0 Å². The van der Waals surface area contributed by atoms with Crippen molar-refractivity contribution in [2.45, 2.75) is 17.8 Å². The second kappa shape index (κ2) is 4.80. The Labute approximate surface area is 83.9 Å². The van der Waals surface area contributed by atoms with E-state index in [9.17, 15) is 0 Å². The van der Waals surface area contributed by atoms with Crippen LogP contribution in [0.3, 0.4) is 0 Å². The van der Waals surface area contributed by atoms with Gasteiger partial charge in [-0.25, -0.2) is 0 Å². The van der Waals surface area contributed by atoms with E-state index in [0.29, 0.717) is 0 Å². The molecule has 0 saturated heterocycles. The van der Waals surface area contributed by atoms with Gasteiger partial charge in [-0.3, -0.25) is 0 Å². The Kier molecular flexibility index (Phi) is 3.98. The molecule has 66 valence electrons. The predicted molar refractivity (Wildman–Crippen MR) is 57.7 cm³/mol. The summed E-state index contributed by atoms with van der Waals surface area (Å²) >= 11 is 8.06. The summed E-state index contributed by atoms with van der Waals surface area (Å²) in [6, 6.07) is 10.0. The van der Waals surface area contributed by atoms with E-state index in [1.165, 1.54) is 0 Å². The number of hydrogen-bond acceptors (Lipinski definition) is 3. The Bertz CT molecular complexity index is 223. The first kappa shape index (κ1) is 9.96. The maximum atomic E-state index is 5.36. The molecule has 0 saturated carbocycles. The van der Waals surface area contributed by atoms with E-state index in [2.05, 4.69) is 25.3 Å². The zero-order valence-corrected chi connectivity index (χ0v) is 8.63. The number of ether oxygens (including phenoxy) is 1. The lowest BCUT2D eigenvalue weighted by Crippen LogP contribution is -2.03. The monoisotopic (exact) mass is 200 g/mol. The van der Waals surface area contributed by atoms with Crippen molar-refractivity contribution in [1.29, 1.82) is 0 Å². The smallest absolute Gasteiger partial charge is 0.144 e. The minimum absolute atomic E-state index is 0.0474. The molecule has 1 nitrogen and oxygen atoms in total. The first-order valence-corrected chi connectivity index (χ1v) is 4.80. The van der Waals surface area contributed by atoms with Gasteiger partial charge in [0.15, 0.2) is 0 Å². The lowest BCUT2D eigenvalue weighted by atomic mass is 10.1. The molecule has 1 aromatic rings. The standard InChI is InChI=1S/C9H12OS2/c1-7(10-9(11)12)8-5-3-2-4-6-8/h2-7,9,11-12H,1H3. The fraction of sp³-hybridized carbons (Fsp3) is 0.333. The van der Waals surface area contributed by atoms with Crippen LogP contribution < -0.4 is 0 Å². The summed E-state index contributed by atoms with van der Waals surface area (Å²) < 4.78 is 5.05. The largest absolute Gasteiger partial charge is 0.351 e. The number of thiol groups is 2. The number of benzene rings is 1. The Morgan fingerprint density at radius 3 is 2.25 bits per heavy atom. The van der Waals surface area contributed by atoms with E-state index < -0.39 is 0 Å². The maximum absolute atomic E-state index is 5.36. The molecule has 12 heavy (non-hydrogen) atoms. The van der Waals surface area contributed by atoms with E-state index in [1.54, 1.807) is 0 Å². The molecule has 3 heteroatoms. The minimum atomic E-state index is -0.319. The first-order valence-electron chi connectivity index (χ1n) is 3.76. The molecule has 0 N–H and O–H groups in total. The van der Waals surface area contributed by atoms with Gasteiger partial charge in [0, 0.05) is 0 Å². The van der Waals surface area contributed by atoms with Crippen LogP contribution in [0, 0.1) is 0 Å². The maximum Gasteiger partial charge on any atom is 0.144 e. The van der Waals surface area contributed by atoms with Gasteiger partial charge in [-0.1, -0.05) is 30.3 Å². The summed E-state index contributed by atoms with van der Waals surface area (Å²) in [5, 5.41) is 0. The van der Waals surface area contributed by atoms with Crippen molar-refractivity contribution in [3.8, 4) is 0 Å². The van der Waals surface area contributed by atoms with Crippen LogP contribution in [-0.4, -0.2) is 4.77 Å². The fourth-order valence-corrected chi connectivity index (χ4v) is 1.35. The van der Waals surface area contributed by atoms with Crippen LogP contribution >= 0.6 is 25.3 Å². The lowest BCUT2D eigenvalue weighted by Gasteiger charge is -2.14. The van der Waals surface area contributed by atoms with Crippen LogP contribution in [0.5, 0.6) is 0 Å². The topological polar surface area (TPSA) is 9.23 Å². The van der Waals surface area contributed by atoms with Crippen LogP contribution in [-0.2, 0) is 4.74 Å². The average molecular weight is 200 g/mol. The van der Waals surface area contributed by atoms with Crippen LogP contribution in [0.2, 0.25) is 0 Å². The fourth-order valence-electron chi connectivity index (χ4n) is 0.985. The van der Waals surface area contributed by atoms with Gasteiger partial charge in [0.25, 0.3) is 0 Å². The molecular formula is C9H12OS2. The number of hydrogen-bond donors (Lipinski definition) is 2. The van der Waals surface area contributed by atoms with E-state index in [1.807, 2.05) is 37.3 Å². The highest BCUT2D eigenvalue weighted by Crippen LogP contribution is 2.20. The van der Waals surface area contributed by atoms with E-state index in [-0.39, 0.29) is 10.9 Å². The SMILES string of the molecule is CC(OC(S)S)c1ccccc1. The molecule has 0 radical (unpaired) electrons. The third kappa shape index (κ3) is 3.09. The zero-order chi connectivity index (χ0) is 8.97. The molecule has 0 fully saturated rings. The molecule has 0 amide bonds. The van der Waals surface area contributed by atoms with Gasteiger partial charge in [-0.05, 0) is 12.5 Å². The van der Waals surface area contributed by atoms with Crippen LogP contribution in [0.1, 0.15) is 18.6 Å². The average Bonchev–Trinajstić information content (AvgIpc) is 2.05. The van der Waals surface area contributed by atoms with Crippen molar-refractivity contribution < 1.29 is 4.74 Å². The van der Waals surface area contributed by atoms with Gasteiger partial charge in [0.2, 0.25) is 0 Å². The molecule has 1 unspecified atom stereocenters. The third-order valence-corrected chi connectivity index (χ3v) is 1.84. The molecule has 1 rings (SSSR count). The highest BCUT2D eigenvalue weighted by Gasteiger charge is 2.06. The van der Waals surface area contributed by atoms with Gasteiger partial charge in [0.05, 0.1) is 6.10 Å². The summed E-state index contributed by atoms with van der Waals surface area (Å²) in [6.07, 6.45) is 0.0474. The van der Waals surface area contributed by atoms with Gasteiger partial charge in [-0.2, -0.15) is 0 Å². The summed E-state index contributed by atoms with van der Waals surface area (Å²) in [5.41, 5.74) is 1.14. The molecule has 0 bridgehead atoms. The Morgan fingerprint density at radius 2 is 1.75 bits per heavy atom. The Hall–Kier alpha value is -0.120. The Balaban J connectivity index is 2.59.